The van der Waals surface area contributed by atoms with Gasteiger partial charge in [0.25, 0.3) is 0 Å². The van der Waals surface area contributed by atoms with E-state index in [9.17, 15) is 18.0 Å². The van der Waals surface area contributed by atoms with Crippen molar-refractivity contribution in [2.45, 2.75) is 12.6 Å². The van der Waals surface area contributed by atoms with Crippen molar-refractivity contribution in [1.29, 1.82) is 0 Å². The van der Waals surface area contributed by atoms with Gasteiger partial charge in [-0.25, -0.2) is 9.78 Å². The van der Waals surface area contributed by atoms with E-state index < -0.39 is 18.6 Å². The zero-order valence-electron chi connectivity index (χ0n) is 9.33. The second-order valence-electron chi connectivity index (χ2n) is 3.63. The molecule has 1 aromatic heterocycles. The Hall–Kier alpha value is -1.50. The average Bonchev–Trinajstić information content (AvgIpc) is 2.23. The number of rotatable bonds is 4. The van der Waals surface area contributed by atoms with E-state index in [0.717, 1.165) is 6.07 Å². The molecule has 1 N–H and O–H groups in total. The monoisotopic (exact) mass is 282 g/mol. The minimum atomic E-state index is -4.28. The van der Waals surface area contributed by atoms with E-state index in [-0.39, 0.29) is 23.1 Å². The molecular formula is C10H10ClF3N2O2. The molecule has 1 aromatic rings. The van der Waals surface area contributed by atoms with Crippen LogP contribution in [0.15, 0.2) is 12.1 Å². The van der Waals surface area contributed by atoms with Crippen molar-refractivity contribution < 1.29 is 23.1 Å². The summed E-state index contributed by atoms with van der Waals surface area (Å²) < 4.78 is 36.2. The Balaban J connectivity index is 2.85. The lowest BCUT2D eigenvalue weighted by molar-refractivity contribution is -0.132. The van der Waals surface area contributed by atoms with Crippen LogP contribution in [0.25, 0.3) is 0 Å². The molecule has 1 heterocycles. The van der Waals surface area contributed by atoms with E-state index in [2.05, 4.69) is 4.98 Å². The smallest absolute Gasteiger partial charge is 0.390 e. The van der Waals surface area contributed by atoms with Crippen molar-refractivity contribution >= 4 is 23.4 Å². The molecule has 0 aliphatic carbocycles. The SMILES string of the molecule is CN(CCC(F)(F)F)c1cc(C(=O)O)cc(Cl)n1. The average molecular weight is 283 g/mol. The third kappa shape index (κ3) is 4.40. The molecule has 0 spiro atoms. The van der Waals surface area contributed by atoms with Crippen molar-refractivity contribution in [2.75, 3.05) is 18.5 Å². The van der Waals surface area contributed by atoms with Crippen LogP contribution in [0.4, 0.5) is 19.0 Å². The number of alkyl halides is 3. The molecule has 0 bridgehead atoms. The van der Waals surface area contributed by atoms with Crippen molar-refractivity contribution in [3.8, 4) is 0 Å². The van der Waals surface area contributed by atoms with Crippen LogP contribution in [0, 0.1) is 0 Å². The Labute approximate surface area is 106 Å². The van der Waals surface area contributed by atoms with Crippen LogP contribution in [0.1, 0.15) is 16.8 Å². The lowest BCUT2D eigenvalue weighted by Crippen LogP contribution is -2.25. The minimum absolute atomic E-state index is 0.0799. The molecule has 0 saturated heterocycles. The van der Waals surface area contributed by atoms with Gasteiger partial charge in [0, 0.05) is 13.6 Å². The van der Waals surface area contributed by atoms with Crippen LogP contribution in [0.5, 0.6) is 0 Å². The molecule has 0 aromatic carbocycles. The van der Waals surface area contributed by atoms with Crippen LogP contribution in [-0.4, -0.2) is 35.8 Å². The molecule has 0 radical (unpaired) electrons. The Bertz CT molecular complexity index is 451. The van der Waals surface area contributed by atoms with Crippen LogP contribution in [0.2, 0.25) is 5.15 Å². The third-order valence-corrected chi connectivity index (χ3v) is 2.34. The molecule has 0 fully saturated rings. The number of carboxylic acid groups (broad SMARTS) is 1. The fraction of sp³-hybridized carbons (Fsp3) is 0.400. The summed E-state index contributed by atoms with van der Waals surface area (Å²) in [6, 6.07) is 2.30. The highest BCUT2D eigenvalue weighted by molar-refractivity contribution is 6.29. The second-order valence-corrected chi connectivity index (χ2v) is 4.02. The van der Waals surface area contributed by atoms with Gasteiger partial charge in [0.1, 0.15) is 11.0 Å². The van der Waals surface area contributed by atoms with Gasteiger partial charge < -0.3 is 10.0 Å². The summed E-state index contributed by atoms with van der Waals surface area (Å²) in [7, 11) is 1.38. The van der Waals surface area contributed by atoms with E-state index in [0.29, 0.717) is 0 Å². The van der Waals surface area contributed by atoms with Gasteiger partial charge >= 0.3 is 12.1 Å². The number of nitrogens with zero attached hydrogens (tertiary/aromatic N) is 2. The highest BCUT2D eigenvalue weighted by Crippen LogP contribution is 2.22. The van der Waals surface area contributed by atoms with E-state index in [1.54, 1.807) is 0 Å². The first-order chi connectivity index (χ1) is 8.19. The van der Waals surface area contributed by atoms with Gasteiger partial charge in [0.15, 0.2) is 0 Å². The molecule has 18 heavy (non-hydrogen) atoms. The summed E-state index contributed by atoms with van der Waals surface area (Å²) in [5, 5.41) is 8.71. The number of carbonyl (C=O) groups is 1. The fourth-order valence-corrected chi connectivity index (χ4v) is 1.42. The lowest BCUT2D eigenvalue weighted by Gasteiger charge is -2.19. The summed E-state index contributed by atoms with van der Waals surface area (Å²) >= 11 is 5.60. The standard InChI is InChI=1S/C10H10ClF3N2O2/c1-16(3-2-10(12,13)14)8-5-6(9(17)18)4-7(11)15-8/h4-5H,2-3H2,1H3,(H,17,18). The highest BCUT2D eigenvalue weighted by atomic mass is 35.5. The maximum Gasteiger partial charge on any atom is 0.390 e. The van der Waals surface area contributed by atoms with Crippen molar-refractivity contribution in [3.63, 3.8) is 0 Å². The Morgan fingerprint density at radius 2 is 2.11 bits per heavy atom. The molecule has 8 heteroatoms. The number of hydrogen-bond acceptors (Lipinski definition) is 3. The first-order valence-electron chi connectivity index (χ1n) is 4.88. The van der Waals surface area contributed by atoms with Gasteiger partial charge in [0.2, 0.25) is 0 Å². The Kier molecular flexibility index (Phi) is 4.39. The van der Waals surface area contributed by atoms with Crippen LogP contribution in [-0.2, 0) is 0 Å². The number of carboxylic acids is 1. The van der Waals surface area contributed by atoms with E-state index >= 15 is 0 Å². The van der Waals surface area contributed by atoms with Crippen molar-refractivity contribution in [1.82, 2.24) is 4.98 Å². The number of aromatic nitrogens is 1. The Morgan fingerprint density at radius 3 is 2.61 bits per heavy atom. The quantitative estimate of drug-likeness (QED) is 0.863. The molecule has 100 valence electrons. The number of aromatic carboxylic acids is 1. The molecular weight excluding hydrogens is 273 g/mol. The summed E-state index contributed by atoms with van der Waals surface area (Å²) in [4.78, 5) is 15.7. The van der Waals surface area contributed by atoms with Gasteiger partial charge in [-0.1, -0.05) is 11.6 Å². The zero-order valence-corrected chi connectivity index (χ0v) is 10.1. The first kappa shape index (κ1) is 14.6. The predicted octanol–water partition coefficient (Wildman–Crippen LogP) is 2.82. The van der Waals surface area contributed by atoms with Crippen molar-refractivity contribution in [2.24, 2.45) is 0 Å². The summed E-state index contributed by atoms with van der Waals surface area (Å²) in [5.74, 6) is -1.13. The summed E-state index contributed by atoms with van der Waals surface area (Å²) in [6.45, 7) is -0.324. The normalized spacial score (nSPS) is 11.4. The van der Waals surface area contributed by atoms with Crippen molar-refractivity contribution in [3.05, 3.63) is 22.8 Å². The van der Waals surface area contributed by atoms with Crippen LogP contribution >= 0.6 is 11.6 Å². The molecule has 0 aliphatic heterocycles. The van der Waals surface area contributed by atoms with Gasteiger partial charge in [-0.3, -0.25) is 0 Å². The molecule has 0 saturated carbocycles. The van der Waals surface area contributed by atoms with Crippen LogP contribution < -0.4 is 4.90 Å². The topological polar surface area (TPSA) is 53.4 Å². The second kappa shape index (κ2) is 5.43. The maximum atomic E-state index is 12.1. The molecule has 1 rings (SSSR count). The molecule has 4 nitrogen and oxygen atoms in total. The molecule has 0 aliphatic rings. The minimum Gasteiger partial charge on any atom is -0.478 e. The third-order valence-electron chi connectivity index (χ3n) is 2.15. The number of hydrogen-bond donors (Lipinski definition) is 1. The zero-order chi connectivity index (χ0) is 13.9. The molecule has 0 unspecified atom stereocenters. The predicted molar refractivity (Wildman–Crippen MR) is 60.1 cm³/mol. The van der Waals surface area contributed by atoms with E-state index in [1.807, 2.05) is 0 Å². The number of anilines is 1. The summed E-state index contributed by atoms with van der Waals surface area (Å²) in [6.07, 6.45) is -5.29. The van der Waals surface area contributed by atoms with E-state index in [1.165, 1.54) is 18.0 Å². The first-order valence-corrected chi connectivity index (χ1v) is 5.25. The van der Waals surface area contributed by atoms with Gasteiger partial charge in [0.05, 0.1) is 12.0 Å². The number of halogens is 4. The maximum absolute atomic E-state index is 12.1. The van der Waals surface area contributed by atoms with Gasteiger partial charge in [-0.2, -0.15) is 13.2 Å². The fourth-order valence-electron chi connectivity index (χ4n) is 1.21. The van der Waals surface area contributed by atoms with Crippen LogP contribution in [0.3, 0.4) is 0 Å². The van der Waals surface area contributed by atoms with Gasteiger partial charge in [-0.15, -0.1) is 0 Å². The van der Waals surface area contributed by atoms with Gasteiger partial charge in [-0.05, 0) is 12.1 Å². The summed E-state index contributed by atoms with van der Waals surface area (Å²) in [5.41, 5.74) is -0.121. The lowest BCUT2D eigenvalue weighted by atomic mass is 10.2. The largest absolute Gasteiger partial charge is 0.478 e. The number of pyridine rings is 1. The molecule has 0 atom stereocenters. The van der Waals surface area contributed by atoms with E-state index in [4.69, 9.17) is 16.7 Å². The molecule has 0 amide bonds. The highest BCUT2D eigenvalue weighted by Gasteiger charge is 2.27. The Morgan fingerprint density at radius 1 is 1.50 bits per heavy atom.